The second-order valence-corrected chi connectivity index (χ2v) is 5.85. The largest absolute Gasteiger partial charge is 0.464 e. The molecule has 0 amide bonds. The number of thioether (sulfide) groups is 1. The predicted octanol–water partition coefficient (Wildman–Crippen LogP) is 2.62. The summed E-state index contributed by atoms with van der Waals surface area (Å²) in [6.45, 7) is 3.23. The van der Waals surface area contributed by atoms with Gasteiger partial charge in [-0.25, -0.2) is 0 Å². The van der Waals surface area contributed by atoms with Gasteiger partial charge in [-0.2, -0.15) is 26.7 Å². The summed E-state index contributed by atoms with van der Waals surface area (Å²) in [5.74, 6) is 0.485. The van der Waals surface area contributed by atoms with E-state index in [4.69, 9.17) is 16.3 Å². The summed E-state index contributed by atoms with van der Waals surface area (Å²) in [6.07, 6.45) is 5.91. The topological polar surface area (TPSA) is 59.9 Å². The molecule has 0 unspecified atom stereocenters. The molecule has 1 fully saturated rings. The van der Waals surface area contributed by atoms with Gasteiger partial charge in [0.2, 0.25) is 11.2 Å². The zero-order valence-corrected chi connectivity index (χ0v) is 12.1. The van der Waals surface area contributed by atoms with Crippen LogP contribution in [0.2, 0.25) is 5.28 Å². The molecule has 7 heteroatoms. The third kappa shape index (κ3) is 3.17. The van der Waals surface area contributed by atoms with Crippen LogP contribution in [0.1, 0.15) is 26.2 Å². The Balaban J connectivity index is 2.00. The van der Waals surface area contributed by atoms with E-state index < -0.39 is 0 Å². The van der Waals surface area contributed by atoms with Gasteiger partial charge in [0.25, 0.3) is 0 Å². The molecule has 0 saturated heterocycles. The van der Waals surface area contributed by atoms with Gasteiger partial charge in [0, 0.05) is 11.3 Å². The smallest absolute Gasteiger partial charge is 0.322 e. The van der Waals surface area contributed by atoms with Gasteiger partial charge in [-0.15, -0.1) is 0 Å². The summed E-state index contributed by atoms with van der Waals surface area (Å²) in [4.78, 5) is 12.1. The van der Waals surface area contributed by atoms with Crippen molar-refractivity contribution >= 4 is 29.3 Å². The Morgan fingerprint density at radius 1 is 1.39 bits per heavy atom. The monoisotopic (exact) mass is 288 g/mol. The van der Waals surface area contributed by atoms with Crippen LogP contribution in [0.25, 0.3) is 0 Å². The van der Waals surface area contributed by atoms with Gasteiger partial charge >= 0.3 is 6.01 Å². The first-order valence-electron chi connectivity index (χ1n) is 6.01. The summed E-state index contributed by atoms with van der Waals surface area (Å²) in [5, 5.41) is 3.39. The van der Waals surface area contributed by atoms with Gasteiger partial charge in [-0.05, 0) is 37.6 Å². The van der Waals surface area contributed by atoms with Crippen molar-refractivity contribution in [3.8, 4) is 6.01 Å². The van der Waals surface area contributed by atoms with E-state index in [2.05, 4.69) is 26.5 Å². The number of hydrogen-bond donors (Lipinski definition) is 1. The Bertz CT molecular complexity index is 409. The standard InChI is InChI=1S/C11H17ClN4OS/c1-3-17-10-15-8(12)14-9(16-10)13-7-11(18-2)5-4-6-11/h3-7H2,1-2H3,(H,13,14,15,16). The van der Waals surface area contributed by atoms with Crippen LogP contribution < -0.4 is 10.1 Å². The van der Waals surface area contributed by atoms with Gasteiger partial charge < -0.3 is 10.1 Å². The summed E-state index contributed by atoms with van der Waals surface area (Å²) in [5.41, 5.74) is 0. The van der Waals surface area contributed by atoms with Crippen molar-refractivity contribution in [3.05, 3.63) is 5.28 Å². The maximum absolute atomic E-state index is 5.83. The molecule has 5 nitrogen and oxygen atoms in total. The highest BCUT2D eigenvalue weighted by Gasteiger charge is 2.36. The molecule has 18 heavy (non-hydrogen) atoms. The molecule has 1 aromatic rings. The van der Waals surface area contributed by atoms with Gasteiger partial charge in [0.1, 0.15) is 0 Å². The van der Waals surface area contributed by atoms with Crippen LogP contribution >= 0.6 is 23.4 Å². The van der Waals surface area contributed by atoms with Crippen LogP contribution in [0.5, 0.6) is 6.01 Å². The zero-order chi connectivity index (χ0) is 13.0. The van der Waals surface area contributed by atoms with Crippen LogP contribution in [0.15, 0.2) is 0 Å². The average Bonchev–Trinajstić information content (AvgIpc) is 2.28. The minimum atomic E-state index is 0.155. The van der Waals surface area contributed by atoms with Crippen molar-refractivity contribution in [1.29, 1.82) is 0 Å². The minimum absolute atomic E-state index is 0.155. The molecule has 1 aliphatic rings. The lowest BCUT2D eigenvalue weighted by Crippen LogP contribution is -2.40. The molecular weight excluding hydrogens is 272 g/mol. The molecule has 1 heterocycles. The van der Waals surface area contributed by atoms with Crippen molar-refractivity contribution < 1.29 is 4.74 Å². The lowest BCUT2D eigenvalue weighted by molar-refractivity contribution is 0.311. The Labute approximate surface area is 116 Å². The van der Waals surface area contributed by atoms with E-state index in [0.717, 1.165) is 6.54 Å². The molecule has 1 saturated carbocycles. The average molecular weight is 289 g/mol. The van der Waals surface area contributed by atoms with Crippen LogP contribution in [-0.4, -0.2) is 39.1 Å². The fourth-order valence-electron chi connectivity index (χ4n) is 1.87. The maximum Gasteiger partial charge on any atom is 0.322 e. The van der Waals surface area contributed by atoms with Gasteiger partial charge in [-0.1, -0.05) is 6.42 Å². The van der Waals surface area contributed by atoms with Gasteiger partial charge in [0.05, 0.1) is 6.61 Å². The Morgan fingerprint density at radius 3 is 2.72 bits per heavy atom. The summed E-state index contributed by atoms with van der Waals surface area (Å²) in [6, 6.07) is 0.270. The van der Waals surface area contributed by atoms with Crippen molar-refractivity contribution in [2.75, 3.05) is 24.7 Å². The zero-order valence-electron chi connectivity index (χ0n) is 10.6. The Morgan fingerprint density at radius 2 is 2.17 bits per heavy atom. The molecule has 0 atom stereocenters. The van der Waals surface area contributed by atoms with Crippen LogP contribution in [0, 0.1) is 0 Å². The number of nitrogens with zero attached hydrogens (tertiary/aromatic N) is 3. The number of ether oxygens (including phenoxy) is 1. The van der Waals surface area contributed by atoms with E-state index in [1.54, 1.807) is 0 Å². The number of halogens is 1. The summed E-state index contributed by atoms with van der Waals surface area (Å²) < 4.78 is 5.56. The quantitative estimate of drug-likeness (QED) is 0.868. The number of nitrogens with one attached hydrogen (secondary N) is 1. The first-order valence-corrected chi connectivity index (χ1v) is 7.61. The number of aromatic nitrogens is 3. The van der Waals surface area contributed by atoms with Crippen molar-refractivity contribution in [3.63, 3.8) is 0 Å². The van der Waals surface area contributed by atoms with Crippen molar-refractivity contribution in [1.82, 2.24) is 15.0 Å². The summed E-state index contributed by atoms with van der Waals surface area (Å²) in [7, 11) is 0. The lowest BCUT2D eigenvalue weighted by atomic mass is 9.84. The van der Waals surface area contributed by atoms with E-state index in [1.165, 1.54) is 19.3 Å². The second kappa shape index (κ2) is 5.93. The summed E-state index contributed by atoms with van der Waals surface area (Å²) >= 11 is 7.73. The molecule has 100 valence electrons. The molecular formula is C11H17ClN4OS. The van der Waals surface area contributed by atoms with Crippen molar-refractivity contribution in [2.24, 2.45) is 0 Å². The first-order chi connectivity index (χ1) is 8.67. The molecule has 1 N–H and O–H groups in total. The van der Waals surface area contributed by atoms with Gasteiger partial charge in [0.15, 0.2) is 0 Å². The normalized spacial score (nSPS) is 17.1. The number of hydrogen-bond acceptors (Lipinski definition) is 6. The van der Waals surface area contributed by atoms with Crippen LogP contribution in [0.3, 0.4) is 0 Å². The number of anilines is 1. The van der Waals surface area contributed by atoms with E-state index in [1.807, 2.05) is 18.7 Å². The third-order valence-corrected chi connectivity index (χ3v) is 4.72. The van der Waals surface area contributed by atoms with E-state index in [9.17, 15) is 0 Å². The van der Waals surface area contributed by atoms with Gasteiger partial charge in [-0.3, -0.25) is 0 Å². The molecule has 0 aliphatic heterocycles. The highest BCUT2D eigenvalue weighted by Crippen LogP contribution is 2.42. The lowest BCUT2D eigenvalue weighted by Gasteiger charge is -2.40. The Hall–Kier alpha value is -0.750. The third-order valence-electron chi connectivity index (χ3n) is 3.13. The second-order valence-electron chi connectivity index (χ2n) is 4.24. The first kappa shape index (κ1) is 13.7. The molecule has 1 aliphatic carbocycles. The molecule has 0 bridgehead atoms. The van der Waals surface area contributed by atoms with E-state index >= 15 is 0 Å². The SMILES string of the molecule is CCOc1nc(Cl)nc(NCC2(SC)CCC2)n1. The van der Waals surface area contributed by atoms with Crippen LogP contribution in [-0.2, 0) is 0 Å². The minimum Gasteiger partial charge on any atom is -0.464 e. The fraction of sp³-hybridized carbons (Fsp3) is 0.727. The van der Waals surface area contributed by atoms with E-state index in [0.29, 0.717) is 17.3 Å². The molecule has 0 aromatic carbocycles. The number of rotatable bonds is 6. The van der Waals surface area contributed by atoms with E-state index in [-0.39, 0.29) is 11.3 Å². The maximum atomic E-state index is 5.83. The molecule has 0 radical (unpaired) electrons. The molecule has 1 aromatic heterocycles. The fourth-order valence-corrected chi connectivity index (χ4v) is 2.93. The Kier molecular flexibility index (Phi) is 4.50. The predicted molar refractivity (Wildman–Crippen MR) is 74.6 cm³/mol. The highest BCUT2D eigenvalue weighted by molar-refractivity contribution is 8.00. The molecule has 2 rings (SSSR count). The highest BCUT2D eigenvalue weighted by atomic mass is 35.5. The van der Waals surface area contributed by atoms with Crippen molar-refractivity contribution in [2.45, 2.75) is 30.9 Å². The van der Waals surface area contributed by atoms with Crippen LogP contribution in [0.4, 0.5) is 5.95 Å². The molecule has 0 spiro atoms.